The Bertz CT molecular complexity index is 618. The SMILES string of the molecule is CCOC(=O)[C@H](C)NC(=O)[C@H](CC(C)C)N(C)C(=O)OCc1ccccc1. The first kappa shape index (κ1) is 22.5. The molecule has 7 heteroatoms. The van der Waals surface area contributed by atoms with Crippen molar-refractivity contribution in [2.24, 2.45) is 5.92 Å². The van der Waals surface area contributed by atoms with Crippen molar-refractivity contribution in [3.63, 3.8) is 0 Å². The van der Waals surface area contributed by atoms with Gasteiger partial charge in [-0.3, -0.25) is 9.69 Å². The number of hydrogen-bond acceptors (Lipinski definition) is 5. The Hall–Kier alpha value is -2.57. The van der Waals surface area contributed by atoms with Crippen LogP contribution in [0, 0.1) is 5.92 Å². The summed E-state index contributed by atoms with van der Waals surface area (Å²) in [7, 11) is 1.52. The molecular formula is C20H30N2O5. The van der Waals surface area contributed by atoms with Gasteiger partial charge in [-0.05, 0) is 31.7 Å². The smallest absolute Gasteiger partial charge is 0.410 e. The van der Waals surface area contributed by atoms with Crippen LogP contribution in [0.15, 0.2) is 30.3 Å². The van der Waals surface area contributed by atoms with Gasteiger partial charge in [-0.25, -0.2) is 9.59 Å². The van der Waals surface area contributed by atoms with E-state index in [2.05, 4.69) is 5.32 Å². The van der Waals surface area contributed by atoms with Crippen LogP contribution in [0.2, 0.25) is 0 Å². The number of nitrogens with one attached hydrogen (secondary N) is 1. The van der Waals surface area contributed by atoms with E-state index >= 15 is 0 Å². The van der Waals surface area contributed by atoms with Crippen LogP contribution in [0.5, 0.6) is 0 Å². The first-order valence-electron chi connectivity index (χ1n) is 9.16. The van der Waals surface area contributed by atoms with Crippen molar-refractivity contribution in [3.8, 4) is 0 Å². The predicted octanol–water partition coefficient (Wildman–Crippen LogP) is 2.74. The Morgan fingerprint density at radius 2 is 1.70 bits per heavy atom. The molecule has 0 saturated carbocycles. The lowest BCUT2D eigenvalue weighted by Gasteiger charge is -2.28. The van der Waals surface area contributed by atoms with Crippen LogP contribution in [0.25, 0.3) is 0 Å². The minimum absolute atomic E-state index is 0.124. The van der Waals surface area contributed by atoms with E-state index in [1.54, 1.807) is 13.8 Å². The number of carbonyl (C=O) groups excluding carboxylic acids is 3. The molecule has 0 saturated heterocycles. The molecule has 0 bridgehead atoms. The standard InChI is InChI=1S/C20H30N2O5/c1-6-26-19(24)15(4)21-18(23)17(12-14(2)3)22(5)20(25)27-13-16-10-8-7-9-11-16/h7-11,14-15,17H,6,12-13H2,1-5H3,(H,21,23)/t15-,17-/m0/s1. The lowest BCUT2D eigenvalue weighted by atomic mass is 10.0. The van der Waals surface area contributed by atoms with E-state index in [4.69, 9.17) is 9.47 Å². The molecule has 2 amide bonds. The highest BCUT2D eigenvalue weighted by atomic mass is 16.6. The van der Waals surface area contributed by atoms with Crippen LogP contribution < -0.4 is 5.32 Å². The number of esters is 1. The number of nitrogens with zero attached hydrogens (tertiary/aromatic N) is 1. The molecule has 1 aromatic rings. The Morgan fingerprint density at radius 1 is 1.07 bits per heavy atom. The monoisotopic (exact) mass is 378 g/mol. The zero-order valence-corrected chi connectivity index (χ0v) is 16.7. The average molecular weight is 378 g/mol. The first-order valence-corrected chi connectivity index (χ1v) is 9.16. The zero-order chi connectivity index (χ0) is 20.4. The molecule has 0 aliphatic heterocycles. The molecule has 2 atom stereocenters. The third-order valence-corrected chi connectivity index (χ3v) is 3.96. The van der Waals surface area contributed by atoms with Crippen molar-refractivity contribution >= 4 is 18.0 Å². The van der Waals surface area contributed by atoms with Crippen LogP contribution in [0.3, 0.4) is 0 Å². The van der Waals surface area contributed by atoms with Gasteiger partial charge in [0.2, 0.25) is 5.91 Å². The number of rotatable bonds is 9. The fourth-order valence-corrected chi connectivity index (χ4v) is 2.47. The van der Waals surface area contributed by atoms with Crippen molar-refractivity contribution in [1.82, 2.24) is 10.2 Å². The summed E-state index contributed by atoms with van der Waals surface area (Å²) in [6, 6.07) is 7.77. The van der Waals surface area contributed by atoms with Crippen molar-refractivity contribution in [3.05, 3.63) is 35.9 Å². The molecule has 0 spiro atoms. The third kappa shape index (κ3) is 7.68. The molecular weight excluding hydrogens is 348 g/mol. The van der Waals surface area contributed by atoms with Gasteiger partial charge in [-0.2, -0.15) is 0 Å². The topological polar surface area (TPSA) is 84.9 Å². The predicted molar refractivity (Wildman–Crippen MR) is 102 cm³/mol. The fraction of sp³-hybridized carbons (Fsp3) is 0.550. The van der Waals surface area contributed by atoms with Crippen LogP contribution in [0.4, 0.5) is 4.79 Å². The molecule has 0 aliphatic rings. The molecule has 1 N–H and O–H groups in total. The maximum Gasteiger partial charge on any atom is 0.410 e. The van der Waals surface area contributed by atoms with E-state index in [-0.39, 0.29) is 19.1 Å². The van der Waals surface area contributed by atoms with Gasteiger partial charge in [0, 0.05) is 7.05 Å². The van der Waals surface area contributed by atoms with E-state index < -0.39 is 30.1 Å². The molecule has 150 valence electrons. The lowest BCUT2D eigenvalue weighted by molar-refractivity contribution is -0.147. The summed E-state index contributed by atoms with van der Waals surface area (Å²) in [5, 5.41) is 2.62. The number of hydrogen-bond donors (Lipinski definition) is 1. The normalized spacial score (nSPS) is 12.8. The summed E-state index contributed by atoms with van der Waals surface area (Å²) >= 11 is 0. The van der Waals surface area contributed by atoms with Gasteiger partial charge in [0.15, 0.2) is 0 Å². The highest BCUT2D eigenvalue weighted by Crippen LogP contribution is 2.13. The average Bonchev–Trinajstić information content (AvgIpc) is 2.64. The zero-order valence-electron chi connectivity index (χ0n) is 16.7. The maximum atomic E-state index is 12.6. The summed E-state index contributed by atoms with van der Waals surface area (Å²) in [5.74, 6) is -0.755. The second kappa shape index (κ2) is 11.2. The van der Waals surface area contributed by atoms with Gasteiger partial charge in [0.1, 0.15) is 18.7 Å². The van der Waals surface area contributed by atoms with Gasteiger partial charge in [-0.1, -0.05) is 44.2 Å². The lowest BCUT2D eigenvalue weighted by Crippen LogP contribution is -2.52. The quantitative estimate of drug-likeness (QED) is 0.668. The largest absolute Gasteiger partial charge is 0.464 e. The third-order valence-electron chi connectivity index (χ3n) is 3.96. The van der Waals surface area contributed by atoms with E-state index in [1.807, 2.05) is 44.2 Å². The molecule has 0 heterocycles. The summed E-state index contributed by atoms with van der Waals surface area (Å²) < 4.78 is 10.2. The molecule has 0 aliphatic carbocycles. The number of ether oxygens (including phenoxy) is 2. The van der Waals surface area contributed by atoms with Crippen molar-refractivity contribution in [1.29, 1.82) is 0 Å². The Kier molecular flexibility index (Phi) is 9.33. The highest BCUT2D eigenvalue weighted by molar-refractivity contribution is 5.89. The van der Waals surface area contributed by atoms with Crippen LogP contribution in [-0.2, 0) is 25.7 Å². The Balaban J connectivity index is 2.73. The number of carbonyl (C=O) groups is 3. The number of benzene rings is 1. The fourth-order valence-electron chi connectivity index (χ4n) is 2.47. The van der Waals surface area contributed by atoms with Crippen molar-refractivity contribution < 1.29 is 23.9 Å². The maximum absolute atomic E-state index is 12.6. The summed E-state index contributed by atoms with van der Waals surface area (Å²) in [6.07, 6.45) is -0.151. The number of likely N-dealkylation sites (N-methyl/N-ethyl adjacent to an activating group) is 1. The summed E-state index contributed by atoms with van der Waals surface area (Å²) in [6.45, 7) is 7.52. The first-order chi connectivity index (χ1) is 12.8. The van der Waals surface area contributed by atoms with E-state index in [0.717, 1.165) is 5.56 Å². The van der Waals surface area contributed by atoms with E-state index in [9.17, 15) is 14.4 Å². The number of amides is 2. The molecule has 0 aromatic heterocycles. The Labute approximate surface area is 161 Å². The van der Waals surface area contributed by atoms with E-state index in [1.165, 1.54) is 11.9 Å². The molecule has 7 nitrogen and oxygen atoms in total. The minimum atomic E-state index is -0.791. The molecule has 0 radical (unpaired) electrons. The van der Waals surface area contributed by atoms with Crippen LogP contribution in [0.1, 0.15) is 39.7 Å². The van der Waals surface area contributed by atoms with Crippen LogP contribution in [-0.4, -0.2) is 48.6 Å². The molecule has 1 rings (SSSR count). The van der Waals surface area contributed by atoms with Gasteiger partial charge in [0.05, 0.1) is 6.61 Å². The molecule has 0 unspecified atom stereocenters. The Morgan fingerprint density at radius 3 is 2.26 bits per heavy atom. The van der Waals surface area contributed by atoms with Gasteiger partial charge in [0.25, 0.3) is 0 Å². The van der Waals surface area contributed by atoms with E-state index in [0.29, 0.717) is 6.42 Å². The van der Waals surface area contributed by atoms with Crippen molar-refractivity contribution in [2.45, 2.75) is 52.8 Å². The molecule has 1 aromatic carbocycles. The highest BCUT2D eigenvalue weighted by Gasteiger charge is 2.30. The van der Waals surface area contributed by atoms with Gasteiger partial charge in [-0.15, -0.1) is 0 Å². The summed E-state index contributed by atoms with van der Waals surface area (Å²) in [5.41, 5.74) is 0.861. The summed E-state index contributed by atoms with van der Waals surface area (Å²) in [4.78, 5) is 38.1. The minimum Gasteiger partial charge on any atom is -0.464 e. The second-order valence-electron chi connectivity index (χ2n) is 6.78. The molecule has 0 fully saturated rings. The van der Waals surface area contributed by atoms with Gasteiger partial charge >= 0.3 is 12.1 Å². The second-order valence-corrected chi connectivity index (χ2v) is 6.78. The van der Waals surface area contributed by atoms with Crippen LogP contribution >= 0.6 is 0 Å². The van der Waals surface area contributed by atoms with Gasteiger partial charge < -0.3 is 14.8 Å². The van der Waals surface area contributed by atoms with Crippen molar-refractivity contribution in [2.75, 3.05) is 13.7 Å². The molecule has 27 heavy (non-hydrogen) atoms.